The molecule has 0 fully saturated rings. The number of pyridine rings is 3. The Morgan fingerprint density at radius 1 is 1.00 bits per heavy atom. The highest BCUT2D eigenvalue weighted by Gasteiger charge is 2.22. The van der Waals surface area contributed by atoms with Crippen molar-refractivity contribution >= 4 is 0 Å². The minimum atomic E-state index is -0.309. The van der Waals surface area contributed by atoms with Crippen LogP contribution in [0.3, 0.4) is 0 Å². The molecule has 4 heterocycles. The second-order valence-electron chi connectivity index (χ2n) is 7.85. The van der Waals surface area contributed by atoms with E-state index in [9.17, 15) is 4.79 Å². The van der Waals surface area contributed by atoms with Gasteiger partial charge in [-0.15, -0.1) is 0 Å². The van der Waals surface area contributed by atoms with Crippen LogP contribution in [0.1, 0.15) is 11.3 Å². The van der Waals surface area contributed by atoms with E-state index >= 15 is 0 Å². The van der Waals surface area contributed by atoms with Gasteiger partial charge in [0.25, 0.3) is 11.4 Å². The molecule has 0 saturated heterocycles. The maximum absolute atomic E-state index is 12.3. The number of nitrogens with one attached hydrogen (secondary N) is 1. The number of aromatic amines is 1. The van der Waals surface area contributed by atoms with Gasteiger partial charge in [-0.05, 0) is 55.0 Å². The van der Waals surface area contributed by atoms with Gasteiger partial charge in [0.1, 0.15) is 31.3 Å². The molecule has 5 rings (SSSR count). The molecule has 0 aliphatic carbocycles. The minimum Gasteiger partial charge on any atom is -0.489 e. The van der Waals surface area contributed by atoms with Gasteiger partial charge in [0, 0.05) is 30.1 Å². The lowest BCUT2D eigenvalue weighted by molar-refractivity contribution is 0.0500. The predicted molar refractivity (Wildman–Crippen MR) is 125 cm³/mol. The molecule has 8 heteroatoms. The smallest absolute Gasteiger partial charge is 0.257 e. The highest BCUT2D eigenvalue weighted by molar-refractivity contribution is 5.65. The molecule has 0 bridgehead atoms. The first kappa shape index (κ1) is 21.5. The minimum absolute atomic E-state index is 0.233. The van der Waals surface area contributed by atoms with Crippen LogP contribution in [0.15, 0.2) is 77.9 Å². The lowest BCUT2D eigenvalue weighted by Gasteiger charge is -2.25. The van der Waals surface area contributed by atoms with Crippen LogP contribution < -0.4 is 24.5 Å². The molecule has 0 amide bonds. The van der Waals surface area contributed by atoms with Crippen molar-refractivity contribution in [3.63, 3.8) is 0 Å². The third-order valence-corrected chi connectivity index (χ3v) is 5.29. The van der Waals surface area contributed by atoms with Gasteiger partial charge in [-0.1, -0.05) is 6.07 Å². The summed E-state index contributed by atoms with van der Waals surface area (Å²) in [5.41, 5.74) is 3.10. The van der Waals surface area contributed by atoms with Crippen molar-refractivity contribution in [3.8, 4) is 34.4 Å². The van der Waals surface area contributed by atoms with Crippen molar-refractivity contribution in [2.24, 2.45) is 0 Å². The molecule has 0 spiro atoms. The van der Waals surface area contributed by atoms with E-state index in [1.807, 2.05) is 43.3 Å². The monoisotopic (exact) mass is 457 g/mol. The molecule has 172 valence electrons. The molecule has 1 aliphatic heterocycles. The van der Waals surface area contributed by atoms with Crippen LogP contribution in [0.2, 0.25) is 0 Å². The fourth-order valence-corrected chi connectivity index (χ4v) is 3.65. The molecule has 1 atom stereocenters. The number of nitrogens with zero attached hydrogens (tertiary/aromatic N) is 2. The van der Waals surface area contributed by atoms with Crippen molar-refractivity contribution in [2.75, 3.05) is 13.2 Å². The van der Waals surface area contributed by atoms with Gasteiger partial charge in [0.2, 0.25) is 0 Å². The second kappa shape index (κ2) is 9.66. The van der Waals surface area contributed by atoms with Crippen LogP contribution in [0.4, 0.5) is 0 Å². The molecular formula is C26H23N3O5. The van der Waals surface area contributed by atoms with Gasteiger partial charge in [0.15, 0.2) is 11.9 Å². The Balaban J connectivity index is 1.26. The van der Waals surface area contributed by atoms with Gasteiger partial charge >= 0.3 is 0 Å². The summed E-state index contributed by atoms with van der Waals surface area (Å²) >= 11 is 0. The van der Waals surface area contributed by atoms with Crippen LogP contribution >= 0.6 is 0 Å². The average molecular weight is 457 g/mol. The molecular weight excluding hydrogens is 434 g/mol. The van der Waals surface area contributed by atoms with Crippen LogP contribution in [0, 0.1) is 6.92 Å². The van der Waals surface area contributed by atoms with Gasteiger partial charge in [0.05, 0.1) is 11.4 Å². The van der Waals surface area contributed by atoms with E-state index in [-0.39, 0.29) is 18.3 Å². The zero-order valence-electron chi connectivity index (χ0n) is 18.6. The highest BCUT2D eigenvalue weighted by Crippen LogP contribution is 2.30. The third-order valence-electron chi connectivity index (χ3n) is 5.29. The van der Waals surface area contributed by atoms with Crippen molar-refractivity contribution in [1.82, 2.24) is 15.0 Å². The van der Waals surface area contributed by atoms with E-state index < -0.39 is 0 Å². The van der Waals surface area contributed by atoms with E-state index in [0.717, 1.165) is 22.6 Å². The Kier molecular flexibility index (Phi) is 6.11. The lowest BCUT2D eigenvalue weighted by atomic mass is 10.0. The summed E-state index contributed by atoms with van der Waals surface area (Å²) in [5, 5.41) is 0. The maximum atomic E-state index is 12.3. The van der Waals surface area contributed by atoms with Crippen LogP contribution in [-0.4, -0.2) is 34.3 Å². The maximum Gasteiger partial charge on any atom is 0.257 e. The number of benzene rings is 1. The van der Waals surface area contributed by atoms with Crippen molar-refractivity contribution < 1.29 is 18.9 Å². The second-order valence-corrected chi connectivity index (χ2v) is 7.85. The number of aromatic nitrogens is 3. The van der Waals surface area contributed by atoms with E-state index in [0.29, 0.717) is 36.3 Å². The fraction of sp³-hybridized carbons (Fsp3) is 0.192. The summed E-state index contributed by atoms with van der Waals surface area (Å²) in [5.74, 6) is 2.23. The van der Waals surface area contributed by atoms with E-state index in [2.05, 4.69) is 15.0 Å². The summed E-state index contributed by atoms with van der Waals surface area (Å²) in [6, 6.07) is 18.2. The number of fused-ring (bicyclic) bond motifs is 1. The van der Waals surface area contributed by atoms with E-state index in [1.54, 1.807) is 30.6 Å². The Bertz CT molecular complexity index is 1340. The van der Waals surface area contributed by atoms with E-state index in [1.165, 1.54) is 6.07 Å². The molecule has 34 heavy (non-hydrogen) atoms. The van der Waals surface area contributed by atoms with Crippen LogP contribution in [0.25, 0.3) is 11.3 Å². The molecule has 8 nitrogen and oxygen atoms in total. The predicted octanol–water partition coefficient (Wildman–Crippen LogP) is 3.94. The first-order chi connectivity index (χ1) is 16.6. The Hall–Kier alpha value is -4.33. The lowest BCUT2D eigenvalue weighted by Crippen LogP contribution is -2.34. The largest absolute Gasteiger partial charge is 0.489 e. The fourth-order valence-electron chi connectivity index (χ4n) is 3.65. The zero-order chi connectivity index (χ0) is 23.3. The highest BCUT2D eigenvalue weighted by atomic mass is 16.6. The third kappa shape index (κ3) is 5.01. The number of ether oxygens (including phenoxy) is 4. The number of hydrogen-bond donors (Lipinski definition) is 1. The van der Waals surface area contributed by atoms with Gasteiger partial charge in [-0.3, -0.25) is 9.78 Å². The summed E-state index contributed by atoms with van der Waals surface area (Å²) < 4.78 is 23.2. The van der Waals surface area contributed by atoms with Gasteiger partial charge in [-0.25, -0.2) is 4.98 Å². The summed E-state index contributed by atoms with van der Waals surface area (Å²) in [6.45, 7) is 2.90. The van der Waals surface area contributed by atoms with Crippen molar-refractivity contribution in [2.45, 2.75) is 19.6 Å². The molecule has 0 unspecified atom stereocenters. The number of hydrogen-bond acceptors (Lipinski definition) is 7. The van der Waals surface area contributed by atoms with Crippen molar-refractivity contribution in [3.05, 3.63) is 94.7 Å². The van der Waals surface area contributed by atoms with Crippen LogP contribution in [0.5, 0.6) is 23.1 Å². The number of rotatable bonds is 7. The first-order valence-corrected chi connectivity index (χ1v) is 10.9. The Labute approximate surface area is 196 Å². The quantitative estimate of drug-likeness (QED) is 0.449. The number of aryl methyl sites for hydroxylation is 1. The Morgan fingerprint density at radius 3 is 2.76 bits per heavy atom. The standard InChI is InChI=1S/C26H23N3O5/c1-17-11-19(31-14-18-5-2-3-9-27-18)7-8-22(17)23-12-20(13-25(30)29-23)32-15-21-16-33-26-24(34-21)6-4-10-28-26/h2-13,21H,14-16H2,1H3,(H,29,30)/t21-/m0/s1. The van der Waals surface area contributed by atoms with Gasteiger partial charge < -0.3 is 23.9 Å². The van der Waals surface area contributed by atoms with Crippen LogP contribution in [-0.2, 0) is 6.61 Å². The molecule has 1 aliphatic rings. The summed E-state index contributed by atoms with van der Waals surface area (Å²) in [6.07, 6.45) is 3.08. The topological polar surface area (TPSA) is 95.6 Å². The zero-order valence-corrected chi connectivity index (χ0v) is 18.6. The van der Waals surface area contributed by atoms with Crippen molar-refractivity contribution in [1.29, 1.82) is 0 Å². The molecule has 0 saturated carbocycles. The van der Waals surface area contributed by atoms with Gasteiger partial charge in [-0.2, -0.15) is 0 Å². The summed E-state index contributed by atoms with van der Waals surface area (Å²) in [4.78, 5) is 23.6. The summed E-state index contributed by atoms with van der Waals surface area (Å²) in [7, 11) is 0. The normalized spacial score (nSPS) is 14.4. The average Bonchev–Trinajstić information content (AvgIpc) is 2.86. The molecule has 0 radical (unpaired) electrons. The molecule has 1 N–H and O–H groups in total. The Morgan fingerprint density at radius 2 is 1.91 bits per heavy atom. The molecule has 1 aromatic carbocycles. The molecule has 3 aromatic heterocycles. The SMILES string of the molecule is Cc1cc(OCc2ccccn2)ccc1-c1cc(OC[C@H]2COc3ncccc3O2)cc(=O)[nH]1. The molecule has 4 aromatic rings. The number of H-pyrrole nitrogens is 1. The first-order valence-electron chi connectivity index (χ1n) is 10.9. The van der Waals surface area contributed by atoms with E-state index in [4.69, 9.17) is 18.9 Å².